The molecule has 1 atom stereocenters. The van der Waals surface area contributed by atoms with Gasteiger partial charge in [0.15, 0.2) is 0 Å². The van der Waals surface area contributed by atoms with Crippen LogP contribution in [0.5, 0.6) is 0 Å². The summed E-state index contributed by atoms with van der Waals surface area (Å²) in [5, 5.41) is 3.84. The maximum Gasteiger partial charge on any atom is 0.0294 e. The van der Waals surface area contributed by atoms with Crippen LogP contribution in [0.3, 0.4) is 0 Å². The average Bonchev–Trinajstić information content (AvgIpc) is 2.47. The van der Waals surface area contributed by atoms with Crippen LogP contribution in [0.25, 0.3) is 0 Å². The van der Waals surface area contributed by atoms with Crippen LogP contribution in [0.1, 0.15) is 83.4 Å². The Morgan fingerprint density at radius 2 is 1.33 bits per heavy atom. The predicted molar refractivity (Wildman–Crippen MR) is 92.7 cm³/mol. The molecule has 1 heteroatoms. The number of hydrogen-bond donors (Lipinski definition) is 1. The molecule has 0 aromatic heterocycles. The summed E-state index contributed by atoms with van der Waals surface area (Å²) in [6.45, 7) is 11.6. The summed E-state index contributed by atoms with van der Waals surface area (Å²) < 4.78 is 0. The van der Waals surface area contributed by atoms with Gasteiger partial charge in [-0.1, -0.05) is 52.0 Å². The minimum Gasteiger partial charge on any atom is -0.307 e. The molecule has 1 fully saturated rings. The minimum absolute atomic E-state index is 0.465. The van der Waals surface area contributed by atoms with Crippen LogP contribution in [-0.4, -0.2) is 6.04 Å². The molecule has 1 aromatic carbocycles. The van der Waals surface area contributed by atoms with Crippen LogP contribution in [0.2, 0.25) is 0 Å². The Bertz CT molecular complexity index is 410. The van der Waals surface area contributed by atoms with Gasteiger partial charge in [0.1, 0.15) is 0 Å². The smallest absolute Gasteiger partial charge is 0.0294 e. The van der Waals surface area contributed by atoms with E-state index in [9.17, 15) is 0 Å². The van der Waals surface area contributed by atoms with Crippen molar-refractivity contribution in [2.24, 2.45) is 11.8 Å². The lowest BCUT2D eigenvalue weighted by Crippen LogP contribution is -2.35. The van der Waals surface area contributed by atoms with E-state index in [1.807, 2.05) is 0 Å². The largest absolute Gasteiger partial charge is 0.307 e. The van der Waals surface area contributed by atoms with E-state index in [2.05, 4.69) is 64.2 Å². The minimum atomic E-state index is 0.465. The van der Waals surface area contributed by atoms with Crippen LogP contribution in [0.15, 0.2) is 24.3 Å². The second kappa shape index (κ2) is 7.45. The van der Waals surface area contributed by atoms with Gasteiger partial charge in [-0.25, -0.2) is 0 Å². The summed E-state index contributed by atoms with van der Waals surface area (Å²) in [7, 11) is 0. The highest BCUT2D eigenvalue weighted by atomic mass is 14.9. The Kier molecular flexibility index (Phi) is 5.87. The normalized spacial score (nSPS) is 24.5. The fourth-order valence-electron chi connectivity index (χ4n) is 3.57. The summed E-state index contributed by atoms with van der Waals surface area (Å²) in [6, 6.07) is 10.3. The first-order chi connectivity index (χ1) is 9.97. The van der Waals surface area contributed by atoms with E-state index >= 15 is 0 Å². The Balaban J connectivity index is 1.86. The van der Waals surface area contributed by atoms with E-state index < -0.39 is 0 Å². The van der Waals surface area contributed by atoms with E-state index in [0.29, 0.717) is 18.0 Å². The van der Waals surface area contributed by atoms with E-state index in [4.69, 9.17) is 0 Å². The molecule has 21 heavy (non-hydrogen) atoms. The molecule has 2 rings (SSSR count). The third kappa shape index (κ3) is 4.57. The zero-order chi connectivity index (χ0) is 15.4. The van der Waals surface area contributed by atoms with Crippen LogP contribution in [-0.2, 0) is 0 Å². The van der Waals surface area contributed by atoms with E-state index in [-0.39, 0.29) is 0 Å². The van der Waals surface area contributed by atoms with Gasteiger partial charge in [0.25, 0.3) is 0 Å². The molecular weight excluding hydrogens is 254 g/mol. The van der Waals surface area contributed by atoms with Crippen molar-refractivity contribution in [3.8, 4) is 0 Å². The van der Waals surface area contributed by atoms with Gasteiger partial charge < -0.3 is 5.32 Å². The maximum absolute atomic E-state index is 3.84. The Morgan fingerprint density at radius 3 is 1.81 bits per heavy atom. The Morgan fingerprint density at radius 1 is 0.810 bits per heavy atom. The van der Waals surface area contributed by atoms with Gasteiger partial charge in [0.2, 0.25) is 0 Å². The summed E-state index contributed by atoms with van der Waals surface area (Å²) in [5.41, 5.74) is 2.86. The van der Waals surface area contributed by atoms with Gasteiger partial charge in [0, 0.05) is 12.1 Å². The molecular formula is C20H33N. The van der Waals surface area contributed by atoms with Crippen molar-refractivity contribution >= 4 is 0 Å². The van der Waals surface area contributed by atoms with Crippen molar-refractivity contribution in [3.63, 3.8) is 0 Å². The molecule has 0 aliphatic heterocycles. The second-order valence-corrected chi connectivity index (χ2v) is 7.57. The van der Waals surface area contributed by atoms with Crippen molar-refractivity contribution < 1.29 is 0 Å². The molecule has 1 N–H and O–H groups in total. The highest BCUT2D eigenvalue weighted by molar-refractivity contribution is 5.26. The van der Waals surface area contributed by atoms with Crippen molar-refractivity contribution in [1.82, 2.24) is 5.32 Å². The monoisotopic (exact) mass is 287 g/mol. The Labute approximate surface area is 131 Å². The summed E-state index contributed by atoms with van der Waals surface area (Å²) >= 11 is 0. The van der Waals surface area contributed by atoms with Crippen molar-refractivity contribution in [1.29, 1.82) is 0 Å². The van der Waals surface area contributed by atoms with Gasteiger partial charge in [0.05, 0.1) is 0 Å². The summed E-state index contributed by atoms with van der Waals surface area (Å²) in [6.07, 6.45) is 5.48. The molecule has 0 saturated heterocycles. The van der Waals surface area contributed by atoms with E-state index in [1.165, 1.54) is 36.8 Å². The Hall–Kier alpha value is -0.820. The van der Waals surface area contributed by atoms with E-state index in [1.54, 1.807) is 0 Å². The van der Waals surface area contributed by atoms with Crippen LogP contribution >= 0.6 is 0 Å². The molecule has 118 valence electrons. The number of rotatable bonds is 5. The third-order valence-corrected chi connectivity index (χ3v) is 5.30. The molecule has 0 bridgehead atoms. The fourth-order valence-corrected chi connectivity index (χ4v) is 3.57. The summed E-state index contributed by atoms with van der Waals surface area (Å²) in [5.74, 6) is 2.42. The molecule has 1 aliphatic rings. The predicted octanol–water partition coefficient (Wildman–Crippen LogP) is 5.68. The molecule has 0 amide bonds. The first-order valence-electron chi connectivity index (χ1n) is 8.83. The van der Waals surface area contributed by atoms with Crippen LogP contribution in [0, 0.1) is 11.8 Å². The van der Waals surface area contributed by atoms with Crippen LogP contribution in [0.4, 0.5) is 0 Å². The van der Waals surface area contributed by atoms with Crippen molar-refractivity contribution in [2.75, 3.05) is 0 Å². The lowest BCUT2D eigenvalue weighted by Gasteiger charge is -2.33. The molecule has 0 spiro atoms. The van der Waals surface area contributed by atoms with Gasteiger partial charge >= 0.3 is 0 Å². The molecule has 1 aliphatic carbocycles. The number of nitrogens with one attached hydrogen (secondary N) is 1. The van der Waals surface area contributed by atoms with Gasteiger partial charge in [-0.2, -0.15) is 0 Å². The number of hydrogen-bond acceptors (Lipinski definition) is 1. The fraction of sp³-hybridized carbons (Fsp3) is 0.700. The quantitative estimate of drug-likeness (QED) is 0.735. The topological polar surface area (TPSA) is 12.0 Å². The summed E-state index contributed by atoms with van der Waals surface area (Å²) in [4.78, 5) is 0. The van der Waals surface area contributed by atoms with Crippen LogP contribution < -0.4 is 5.32 Å². The zero-order valence-corrected chi connectivity index (χ0v) is 14.5. The highest BCUT2D eigenvalue weighted by Gasteiger charge is 2.24. The van der Waals surface area contributed by atoms with Crippen molar-refractivity contribution in [3.05, 3.63) is 35.4 Å². The molecule has 1 aromatic rings. The number of benzene rings is 1. The second-order valence-electron chi connectivity index (χ2n) is 7.57. The standard InChI is InChI=1S/C20H33N/c1-14(2)17-6-8-19(9-7-17)16(5)21-20-12-10-18(11-13-20)15(3)4/h6-9,14-16,18,20-21H,10-13H2,1-5H3. The lowest BCUT2D eigenvalue weighted by atomic mass is 9.79. The molecule has 1 unspecified atom stereocenters. The molecule has 1 saturated carbocycles. The molecule has 0 radical (unpaired) electrons. The van der Waals surface area contributed by atoms with E-state index in [0.717, 1.165) is 11.8 Å². The van der Waals surface area contributed by atoms with Gasteiger partial charge in [-0.3, -0.25) is 0 Å². The first kappa shape index (κ1) is 16.5. The molecule has 1 nitrogen and oxygen atoms in total. The highest BCUT2D eigenvalue weighted by Crippen LogP contribution is 2.31. The molecule has 0 heterocycles. The lowest BCUT2D eigenvalue weighted by molar-refractivity contribution is 0.231. The third-order valence-electron chi connectivity index (χ3n) is 5.30. The van der Waals surface area contributed by atoms with Gasteiger partial charge in [-0.05, 0) is 61.5 Å². The first-order valence-corrected chi connectivity index (χ1v) is 8.83. The SMILES string of the molecule is CC(C)c1ccc(C(C)NC2CCC(C(C)C)CC2)cc1. The maximum atomic E-state index is 3.84. The van der Waals surface area contributed by atoms with Gasteiger partial charge in [-0.15, -0.1) is 0 Å². The van der Waals surface area contributed by atoms with Crippen molar-refractivity contribution in [2.45, 2.75) is 78.3 Å². The average molecular weight is 287 g/mol. The zero-order valence-electron chi connectivity index (χ0n) is 14.5.